The lowest BCUT2D eigenvalue weighted by molar-refractivity contribution is 0.0861. The van der Waals surface area contributed by atoms with Crippen molar-refractivity contribution >= 4 is 17.2 Å². The highest BCUT2D eigenvalue weighted by atomic mass is 32.1. The summed E-state index contributed by atoms with van der Waals surface area (Å²) in [4.78, 5) is 5.50. The molecule has 3 nitrogen and oxygen atoms in total. The van der Waals surface area contributed by atoms with E-state index in [9.17, 15) is 0 Å². The van der Waals surface area contributed by atoms with E-state index in [2.05, 4.69) is 30.6 Å². The molecule has 1 aliphatic heterocycles. The molecule has 1 rings (SSSR count). The molecule has 0 amide bonds. The summed E-state index contributed by atoms with van der Waals surface area (Å²) in [5.41, 5.74) is 5.64. The summed E-state index contributed by atoms with van der Waals surface area (Å²) in [6.45, 7) is 12.1. The van der Waals surface area contributed by atoms with E-state index in [1.54, 1.807) is 0 Å². The Morgan fingerprint density at radius 3 is 2.20 bits per heavy atom. The standard InChI is InChI=1S/C11H23N3S/c1-4-5-13-6-8-14(9-7-13)11(2,3)10(12)15/h4-9H2,1-3H3,(H2,12,15). The largest absolute Gasteiger partial charge is 0.392 e. The average molecular weight is 229 g/mol. The van der Waals surface area contributed by atoms with Crippen LogP contribution in [0.3, 0.4) is 0 Å². The smallest absolute Gasteiger partial charge is 0.0928 e. The molecule has 1 heterocycles. The molecule has 0 aliphatic carbocycles. The van der Waals surface area contributed by atoms with Crippen molar-refractivity contribution in [3.8, 4) is 0 Å². The molecule has 15 heavy (non-hydrogen) atoms. The predicted octanol–water partition coefficient (Wildman–Crippen LogP) is 1.08. The molecule has 1 fully saturated rings. The van der Waals surface area contributed by atoms with Crippen molar-refractivity contribution in [1.29, 1.82) is 0 Å². The molecule has 4 heteroatoms. The number of thiocarbonyl (C=S) groups is 1. The van der Waals surface area contributed by atoms with E-state index in [-0.39, 0.29) is 5.54 Å². The Bertz CT molecular complexity index is 220. The number of nitrogens with zero attached hydrogens (tertiary/aromatic N) is 2. The zero-order chi connectivity index (χ0) is 11.5. The molecule has 1 aliphatic rings. The van der Waals surface area contributed by atoms with Gasteiger partial charge in [0, 0.05) is 26.2 Å². The van der Waals surface area contributed by atoms with E-state index >= 15 is 0 Å². The van der Waals surface area contributed by atoms with Gasteiger partial charge in [-0.1, -0.05) is 19.1 Å². The van der Waals surface area contributed by atoms with Gasteiger partial charge in [0.2, 0.25) is 0 Å². The van der Waals surface area contributed by atoms with Crippen molar-refractivity contribution < 1.29 is 0 Å². The van der Waals surface area contributed by atoms with Gasteiger partial charge in [0.05, 0.1) is 10.5 Å². The second-order valence-electron chi connectivity index (χ2n) is 4.75. The lowest BCUT2D eigenvalue weighted by Crippen LogP contribution is -2.59. The first-order valence-corrected chi connectivity index (χ1v) is 6.16. The fourth-order valence-electron chi connectivity index (χ4n) is 2.00. The minimum Gasteiger partial charge on any atom is -0.392 e. The van der Waals surface area contributed by atoms with Crippen molar-refractivity contribution in [3.63, 3.8) is 0 Å². The van der Waals surface area contributed by atoms with Crippen molar-refractivity contribution in [3.05, 3.63) is 0 Å². The first-order chi connectivity index (χ1) is 6.98. The third-order valence-corrected chi connectivity index (χ3v) is 3.81. The summed E-state index contributed by atoms with van der Waals surface area (Å²) < 4.78 is 0. The van der Waals surface area contributed by atoms with Gasteiger partial charge in [0.1, 0.15) is 0 Å². The van der Waals surface area contributed by atoms with Crippen LogP contribution >= 0.6 is 12.2 Å². The molecule has 2 N–H and O–H groups in total. The normalized spacial score (nSPS) is 20.5. The lowest BCUT2D eigenvalue weighted by Gasteiger charge is -2.43. The van der Waals surface area contributed by atoms with Crippen LogP contribution in [0.1, 0.15) is 27.2 Å². The van der Waals surface area contributed by atoms with Gasteiger partial charge in [-0.2, -0.15) is 0 Å². The molecule has 0 aromatic rings. The molecule has 1 saturated heterocycles. The molecule has 0 atom stereocenters. The van der Waals surface area contributed by atoms with Crippen LogP contribution in [-0.2, 0) is 0 Å². The van der Waals surface area contributed by atoms with Crippen LogP contribution in [0.2, 0.25) is 0 Å². The van der Waals surface area contributed by atoms with Crippen molar-refractivity contribution in [2.24, 2.45) is 5.73 Å². The van der Waals surface area contributed by atoms with Gasteiger partial charge < -0.3 is 10.6 Å². The Morgan fingerprint density at radius 1 is 1.27 bits per heavy atom. The SMILES string of the molecule is CCCN1CCN(C(C)(C)C(N)=S)CC1. The van der Waals surface area contributed by atoms with Crippen molar-refractivity contribution in [2.45, 2.75) is 32.7 Å². The van der Waals surface area contributed by atoms with Gasteiger partial charge in [0.25, 0.3) is 0 Å². The molecular formula is C11H23N3S. The zero-order valence-corrected chi connectivity index (χ0v) is 10.9. The van der Waals surface area contributed by atoms with Crippen LogP contribution in [0.5, 0.6) is 0 Å². The Labute approximate surface area is 98.6 Å². The third kappa shape index (κ3) is 3.13. The summed E-state index contributed by atoms with van der Waals surface area (Å²) in [7, 11) is 0. The first kappa shape index (κ1) is 12.9. The minimum atomic E-state index is -0.131. The number of rotatable bonds is 4. The molecule has 0 aromatic heterocycles. The molecule has 0 aromatic carbocycles. The highest BCUT2D eigenvalue weighted by Crippen LogP contribution is 2.17. The van der Waals surface area contributed by atoms with Gasteiger partial charge in [-0.15, -0.1) is 0 Å². The second kappa shape index (κ2) is 5.23. The number of hydrogen-bond acceptors (Lipinski definition) is 3. The second-order valence-corrected chi connectivity index (χ2v) is 5.19. The lowest BCUT2D eigenvalue weighted by atomic mass is 10.0. The summed E-state index contributed by atoms with van der Waals surface area (Å²) in [6, 6.07) is 0. The molecule has 88 valence electrons. The fourth-order valence-corrected chi connectivity index (χ4v) is 2.13. The summed E-state index contributed by atoms with van der Waals surface area (Å²) in [5, 5.41) is 0. The van der Waals surface area contributed by atoms with E-state index in [0.29, 0.717) is 4.99 Å². The monoisotopic (exact) mass is 229 g/mol. The van der Waals surface area contributed by atoms with Crippen LogP contribution < -0.4 is 5.73 Å². The first-order valence-electron chi connectivity index (χ1n) is 5.75. The van der Waals surface area contributed by atoms with Crippen molar-refractivity contribution in [2.75, 3.05) is 32.7 Å². The number of piperazine rings is 1. The topological polar surface area (TPSA) is 32.5 Å². The maximum atomic E-state index is 5.77. The minimum absolute atomic E-state index is 0.131. The summed E-state index contributed by atoms with van der Waals surface area (Å²) >= 11 is 5.12. The Balaban J connectivity index is 2.46. The van der Waals surface area contributed by atoms with Gasteiger partial charge >= 0.3 is 0 Å². The summed E-state index contributed by atoms with van der Waals surface area (Å²) in [5.74, 6) is 0. The molecule has 0 spiro atoms. The Hall–Kier alpha value is -0.190. The van der Waals surface area contributed by atoms with E-state index in [4.69, 9.17) is 18.0 Å². The molecule has 0 saturated carbocycles. The van der Waals surface area contributed by atoms with Crippen LogP contribution in [0.4, 0.5) is 0 Å². The maximum absolute atomic E-state index is 5.77. The molecule has 0 radical (unpaired) electrons. The van der Waals surface area contributed by atoms with Crippen LogP contribution in [0.15, 0.2) is 0 Å². The molecule has 0 unspecified atom stereocenters. The molecule has 0 bridgehead atoms. The highest BCUT2D eigenvalue weighted by molar-refractivity contribution is 7.80. The Morgan fingerprint density at radius 2 is 1.80 bits per heavy atom. The number of hydrogen-bond donors (Lipinski definition) is 1. The van der Waals surface area contributed by atoms with E-state index in [1.807, 2.05) is 0 Å². The van der Waals surface area contributed by atoms with Crippen LogP contribution in [0.25, 0.3) is 0 Å². The summed E-state index contributed by atoms with van der Waals surface area (Å²) in [6.07, 6.45) is 1.23. The van der Waals surface area contributed by atoms with Gasteiger partial charge in [0.15, 0.2) is 0 Å². The van der Waals surface area contributed by atoms with Gasteiger partial charge in [-0.3, -0.25) is 4.90 Å². The van der Waals surface area contributed by atoms with Gasteiger partial charge in [-0.25, -0.2) is 0 Å². The van der Waals surface area contributed by atoms with Gasteiger partial charge in [-0.05, 0) is 26.8 Å². The molecular weight excluding hydrogens is 206 g/mol. The fraction of sp³-hybridized carbons (Fsp3) is 0.909. The zero-order valence-electron chi connectivity index (χ0n) is 10.1. The average Bonchev–Trinajstić information content (AvgIpc) is 2.19. The van der Waals surface area contributed by atoms with Crippen molar-refractivity contribution in [1.82, 2.24) is 9.80 Å². The van der Waals surface area contributed by atoms with E-state index < -0.39 is 0 Å². The highest BCUT2D eigenvalue weighted by Gasteiger charge is 2.31. The van der Waals surface area contributed by atoms with E-state index in [0.717, 1.165) is 26.2 Å². The van der Waals surface area contributed by atoms with E-state index in [1.165, 1.54) is 13.0 Å². The number of nitrogens with two attached hydrogens (primary N) is 1. The predicted molar refractivity (Wildman–Crippen MR) is 69.2 cm³/mol. The quantitative estimate of drug-likeness (QED) is 0.731. The third-order valence-electron chi connectivity index (χ3n) is 3.31. The maximum Gasteiger partial charge on any atom is 0.0928 e. The Kier molecular flexibility index (Phi) is 4.49. The van der Waals surface area contributed by atoms with Crippen LogP contribution in [0, 0.1) is 0 Å². The van der Waals surface area contributed by atoms with Crippen LogP contribution in [-0.4, -0.2) is 53.1 Å².